The van der Waals surface area contributed by atoms with E-state index in [0.717, 1.165) is 28.4 Å². The number of aromatic nitrogens is 1. The topological polar surface area (TPSA) is 22.0 Å². The lowest BCUT2D eigenvalue weighted by molar-refractivity contribution is 0.602. The Bertz CT molecular complexity index is 531. The molecule has 1 aromatic carbocycles. The van der Waals surface area contributed by atoms with Crippen LogP contribution in [0.15, 0.2) is 29.1 Å². The van der Waals surface area contributed by atoms with E-state index in [4.69, 9.17) is 0 Å². The molecule has 17 heavy (non-hydrogen) atoms. The van der Waals surface area contributed by atoms with Crippen LogP contribution >= 0.6 is 27.5 Å². The van der Waals surface area contributed by atoms with Crippen LogP contribution in [0.4, 0.5) is 0 Å². The van der Waals surface area contributed by atoms with Crippen LogP contribution in [0.2, 0.25) is 0 Å². The number of unbranched alkanes of at least 4 members (excludes halogenated alkanes) is 3. The lowest BCUT2D eigenvalue weighted by atomic mass is 10.2. The molecule has 0 saturated heterocycles. The van der Waals surface area contributed by atoms with Gasteiger partial charge in [0.05, 0.1) is 10.1 Å². The molecule has 0 spiro atoms. The Balaban J connectivity index is 1.99. The Hall–Kier alpha value is -0.610. The number of hydrogen-bond acceptors (Lipinski definition) is 2. The maximum Gasteiger partial charge on any atom is 0.268 e. The third-order valence-electron chi connectivity index (χ3n) is 2.80. The molecular formula is C13H16BrNOS. The molecule has 2 aromatic rings. The molecule has 0 atom stereocenters. The molecule has 1 heterocycles. The Morgan fingerprint density at radius 1 is 1.12 bits per heavy atom. The van der Waals surface area contributed by atoms with Crippen molar-refractivity contribution in [2.24, 2.45) is 0 Å². The quantitative estimate of drug-likeness (QED) is 0.583. The Labute approximate surface area is 114 Å². The zero-order valence-corrected chi connectivity index (χ0v) is 12.1. The highest BCUT2D eigenvalue weighted by molar-refractivity contribution is 9.09. The fourth-order valence-electron chi connectivity index (χ4n) is 1.87. The minimum atomic E-state index is 0.172. The third-order valence-corrected chi connectivity index (χ3v) is 4.48. The highest BCUT2D eigenvalue weighted by Crippen LogP contribution is 2.16. The van der Waals surface area contributed by atoms with Crippen molar-refractivity contribution in [2.75, 3.05) is 5.33 Å². The van der Waals surface area contributed by atoms with Crippen LogP contribution in [-0.2, 0) is 6.54 Å². The summed E-state index contributed by atoms with van der Waals surface area (Å²) in [4.78, 5) is 12.0. The van der Waals surface area contributed by atoms with Gasteiger partial charge in [0, 0.05) is 11.9 Å². The second-order valence-corrected chi connectivity index (χ2v) is 5.95. The van der Waals surface area contributed by atoms with E-state index in [1.165, 1.54) is 19.3 Å². The van der Waals surface area contributed by atoms with Gasteiger partial charge in [-0.05, 0) is 25.0 Å². The fourth-order valence-corrected chi connectivity index (χ4v) is 3.30. The predicted octanol–water partition coefficient (Wildman–Crippen LogP) is 4.02. The standard InChI is InChI=1S/C13H16BrNOS/c14-9-5-1-2-6-10-15-13(16)11-7-3-4-8-12(11)17-15/h3-4,7-8H,1-2,5-6,9-10H2. The van der Waals surface area contributed by atoms with E-state index >= 15 is 0 Å². The van der Waals surface area contributed by atoms with Crippen LogP contribution in [0, 0.1) is 0 Å². The molecule has 0 N–H and O–H groups in total. The van der Waals surface area contributed by atoms with E-state index in [1.54, 1.807) is 11.5 Å². The lowest BCUT2D eigenvalue weighted by Crippen LogP contribution is -2.12. The number of fused-ring (bicyclic) bond motifs is 1. The average molecular weight is 314 g/mol. The molecule has 1 aromatic heterocycles. The van der Waals surface area contributed by atoms with Crippen molar-refractivity contribution in [1.82, 2.24) is 3.96 Å². The van der Waals surface area contributed by atoms with Gasteiger partial charge < -0.3 is 0 Å². The summed E-state index contributed by atoms with van der Waals surface area (Å²) in [6.45, 7) is 0.862. The van der Waals surface area contributed by atoms with Gasteiger partial charge in [-0.1, -0.05) is 52.4 Å². The smallest absolute Gasteiger partial charge is 0.268 e. The molecule has 0 amide bonds. The molecule has 0 aliphatic rings. The highest BCUT2D eigenvalue weighted by atomic mass is 79.9. The molecule has 92 valence electrons. The number of halogens is 1. The van der Waals surface area contributed by atoms with Crippen molar-refractivity contribution in [3.8, 4) is 0 Å². The Morgan fingerprint density at radius 3 is 2.65 bits per heavy atom. The van der Waals surface area contributed by atoms with Crippen molar-refractivity contribution in [3.05, 3.63) is 34.6 Å². The summed E-state index contributed by atoms with van der Waals surface area (Å²) in [5, 5.41) is 1.94. The summed E-state index contributed by atoms with van der Waals surface area (Å²) < 4.78 is 2.98. The van der Waals surface area contributed by atoms with Crippen molar-refractivity contribution in [2.45, 2.75) is 32.2 Å². The van der Waals surface area contributed by atoms with Crippen LogP contribution < -0.4 is 5.56 Å². The monoisotopic (exact) mass is 313 g/mol. The van der Waals surface area contributed by atoms with Crippen molar-refractivity contribution >= 4 is 37.5 Å². The fraction of sp³-hybridized carbons (Fsp3) is 0.462. The molecule has 0 saturated carbocycles. The minimum absolute atomic E-state index is 0.172. The van der Waals surface area contributed by atoms with Crippen molar-refractivity contribution < 1.29 is 0 Å². The summed E-state index contributed by atoms with van der Waals surface area (Å²) in [5.74, 6) is 0. The SMILES string of the molecule is O=c1c2ccccc2sn1CCCCCCBr. The van der Waals surface area contributed by atoms with E-state index in [2.05, 4.69) is 15.9 Å². The molecule has 0 aliphatic carbocycles. The normalized spacial score (nSPS) is 11.1. The Kier molecular flexibility index (Phi) is 4.80. The maximum atomic E-state index is 12.0. The minimum Gasteiger partial charge on any atom is -0.268 e. The molecule has 0 fully saturated rings. The molecule has 0 bridgehead atoms. The van der Waals surface area contributed by atoms with Crippen LogP contribution in [0.3, 0.4) is 0 Å². The zero-order chi connectivity index (χ0) is 12.1. The summed E-state index contributed by atoms with van der Waals surface area (Å²) in [5.41, 5.74) is 0.172. The van der Waals surface area contributed by atoms with Gasteiger partial charge in [0.15, 0.2) is 0 Å². The van der Waals surface area contributed by atoms with Crippen LogP contribution in [0.5, 0.6) is 0 Å². The Morgan fingerprint density at radius 2 is 1.88 bits per heavy atom. The van der Waals surface area contributed by atoms with Gasteiger partial charge in [0.2, 0.25) is 0 Å². The van der Waals surface area contributed by atoms with E-state index in [0.29, 0.717) is 0 Å². The first-order valence-electron chi connectivity index (χ1n) is 5.98. The van der Waals surface area contributed by atoms with Crippen LogP contribution in [0.25, 0.3) is 10.1 Å². The average Bonchev–Trinajstić information content (AvgIpc) is 2.67. The number of nitrogens with zero attached hydrogens (tertiary/aromatic N) is 1. The van der Waals surface area contributed by atoms with Gasteiger partial charge in [0.25, 0.3) is 5.56 Å². The zero-order valence-electron chi connectivity index (χ0n) is 9.69. The first kappa shape index (κ1) is 12.8. The molecule has 0 radical (unpaired) electrons. The summed E-state index contributed by atoms with van der Waals surface area (Å²) >= 11 is 5.01. The number of alkyl halides is 1. The van der Waals surface area contributed by atoms with Gasteiger partial charge in [0.1, 0.15) is 0 Å². The largest absolute Gasteiger partial charge is 0.268 e. The molecule has 0 unspecified atom stereocenters. The molecular weight excluding hydrogens is 298 g/mol. The van der Waals surface area contributed by atoms with Gasteiger partial charge in [-0.15, -0.1) is 0 Å². The third kappa shape index (κ3) is 3.19. The molecule has 2 nitrogen and oxygen atoms in total. The van der Waals surface area contributed by atoms with E-state index in [-0.39, 0.29) is 5.56 Å². The lowest BCUT2D eigenvalue weighted by Gasteiger charge is -1.99. The first-order chi connectivity index (χ1) is 8.33. The second kappa shape index (κ2) is 6.36. The van der Waals surface area contributed by atoms with Gasteiger partial charge in [-0.25, -0.2) is 0 Å². The van der Waals surface area contributed by atoms with E-state index in [9.17, 15) is 4.79 Å². The molecule has 4 heteroatoms. The summed E-state index contributed by atoms with van der Waals surface area (Å²) in [7, 11) is 0. The number of aryl methyl sites for hydroxylation is 1. The maximum absolute atomic E-state index is 12.0. The van der Waals surface area contributed by atoms with Gasteiger partial charge >= 0.3 is 0 Å². The van der Waals surface area contributed by atoms with Gasteiger partial charge in [-0.3, -0.25) is 8.75 Å². The second-order valence-electron chi connectivity index (χ2n) is 4.10. The molecule has 2 rings (SSSR count). The molecule has 0 aliphatic heterocycles. The first-order valence-corrected chi connectivity index (χ1v) is 7.87. The summed E-state index contributed by atoms with van der Waals surface area (Å²) in [6, 6.07) is 7.84. The van der Waals surface area contributed by atoms with Crippen molar-refractivity contribution in [1.29, 1.82) is 0 Å². The highest BCUT2D eigenvalue weighted by Gasteiger charge is 2.05. The number of rotatable bonds is 6. The van der Waals surface area contributed by atoms with E-state index < -0.39 is 0 Å². The number of benzene rings is 1. The van der Waals surface area contributed by atoms with Crippen molar-refractivity contribution in [3.63, 3.8) is 0 Å². The van der Waals surface area contributed by atoms with Crippen LogP contribution in [-0.4, -0.2) is 9.29 Å². The van der Waals surface area contributed by atoms with Crippen LogP contribution in [0.1, 0.15) is 25.7 Å². The van der Waals surface area contributed by atoms with E-state index in [1.807, 2.05) is 28.2 Å². The van der Waals surface area contributed by atoms with Gasteiger partial charge in [-0.2, -0.15) is 0 Å². The number of hydrogen-bond donors (Lipinski definition) is 0. The summed E-state index contributed by atoms with van der Waals surface area (Å²) in [6.07, 6.45) is 4.76. The predicted molar refractivity (Wildman–Crippen MR) is 78.3 cm³/mol.